The number of nitrogens with one attached hydrogen (secondary N) is 1. The first-order chi connectivity index (χ1) is 8.31. The number of hydrogen-bond donors (Lipinski definition) is 3. The highest BCUT2D eigenvalue weighted by Crippen LogP contribution is 2.20. The van der Waals surface area contributed by atoms with Gasteiger partial charge in [-0.05, 0) is 25.0 Å². The summed E-state index contributed by atoms with van der Waals surface area (Å²) in [5.41, 5.74) is 6.49. The number of nitrogens with two attached hydrogens (primary N) is 1. The highest BCUT2D eigenvalue weighted by atomic mass is 16.2. The molecule has 1 aromatic carbocycles. The predicted molar refractivity (Wildman–Crippen MR) is 68.8 cm³/mol. The number of fused-ring (bicyclic) bond motifs is 1. The van der Waals surface area contributed by atoms with Gasteiger partial charge in [-0.1, -0.05) is 12.1 Å². The van der Waals surface area contributed by atoms with Crippen molar-refractivity contribution >= 4 is 22.7 Å². The van der Waals surface area contributed by atoms with E-state index in [1.807, 2.05) is 24.3 Å². The number of unbranched alkanes of at least 4 members (excludes halogenated alkanes) is 1. The van der Waals surface area contributed by atoms with Gasteiger partial charge in [0, 0.05) is 18.5 Å². The van der Waals surface area contributed by atoms with Gasteiger partial charge >= 0.3 is 0 Å². The number of para-hydroxylation sites is 1. The molecule has 0 bridgehead atoms. The smallest absolute Gasteiger partial charge is 0.222 e. The lowest BCUT2D eigenvalue weighted by Crippen LogP contribution is -2.07. The third-order valence-electron chi connectivity index (χ3n) is 2.50. The molecule has 2 aromatic rings. The Kier molecular flexibility index (Phi) is 3.72. The maximum absolute atomic E-state index is 8.71. The van der Waals surface area contributed by atoms with E-state index < -0.39 is 0 Å². The van der Waals surface area contributed by atoms with Gasteiger partial charge in [0.2, 0.25) is 5.95 Å². The molecule has 0 aliphatic heterocycles. The lowest BCUT2D eigenvalue weighted by atomic mass is 10.2. The summed E-state index contributed by atoms with van der Waals surface area (Å²) in [5, 5.41) is 12.9. The molecule has 0 saturated heterocycles. The number of nitrogen functional groups attached to an aromatic ring is 1. The van der Waals surface area contributed by atoms with Crippen molar-refractivity contribution < 1.29 is 5.11 Å². The monoisotopic (exact) mass is 232 g/mol. The van der Waals surface area contributed by atoms with Crippen LogP contribution in [0.15, 0.2) is 24.3 Å². The zero-order valence-corrected chi connectivity index (χ0v) is 9.56. The molecule has 17 heavy (non-hydrogen) atoms. The largest absolute Gasteiger partial charge is 0.396 e. The van der Waals surface area contributed by atoms with Crippen LogP contribution in [0.3, 0.4) is 0 Å². The van der Waals surface area contributed by atoms with Crippen LogP contribution in [0.1, 0.15) is 12.8 Å². The average Bonchev–Trinajstić information content (AvgIpc) is 2.34. The molecule has 5 nitrogen and oxygen atoms in total. The van der Waals surface area contributed by atoms with E-state index in [1.165, 1.54) is 0 Å². The van der Waals surface area contributed by atoms with Crippen molar-refractivity contribution in [3.8, 4) is 0 Å². The van der Waals surface area contributed by atoms with Crippen LogP contribution in [0.4, 0.5) is 11.8 Å². The molecule has 0 spiro atoms. The average molecular weight is 232 g/mol. The molecule has 0 aliphatic rings. The van der Waals surface area contributed by atoms with E-state index in [-0.39, 0.29) is 12.6 Å². The summed E-state index contributed by atoms with van der Waals surface area (Å²) in [7, 11) is 0. The van der Waals surface area contributed by atoms with Crippen LogP contribution in [0.2, 0.25) is 0 Å². The molecular formula is C12H16N4O. The third-order valence-corrected chi connectivity index (χ3v) is 2.50. The molecule has 1 aromatic heterocycles. The first-order valence-corrected chi connectivity index (χ1v) is 5.68. The van der Waals surface area contributed by atoms with Crippen LogP contribution in [0.25, 0.3) is 10.9 Å². The number of nitrogens with zero attached hydrogens (tertiary/aromatic N) is 2. The molecule has 0 saturated carbocycles. The van der Waals surface area contributed by atoms with E-state index in [9.17, 15) is 0 Å². The number of aliphatic hydroxyl groups is 1. The number of anilines is 2. The second kappa shape index (κ2) is 5.45. The number of aliphatic hydroxyl groups excluding tert-OH is 1. The van der Waals surface area contributed by atoms with E-state index in [1.54, 1.807) is 0 Å². The summed E-state index contributed by atoms with van der Waals surface area (Å²) in [6, 6.07) is 7.74. The first kappa shape index (κ1) is 11.6. The minimum atomic E-state index is 0.217. The molecule has 5 heteroatoms. The van der Waals surface area contributed by atoms with Crippen LogP contribution >= 0.6 is 0 Å². The molecule has 0 atom stereocenters. The Labute approximate surface area is 99.7 Å². The molecule has 0 fully saturated rings. The lowest BCUT2D eigenvalue weighted by Gasteiger charge is -2.08. The van der Waals surface area contributed by atoms with Crippen LogP contribution in [-0.4, -0.2) is 28.2 Å². The molecule has 4 N–H and O–H groups in total. The second-order valence-corrected chi connectivity index (χ2v) is 3.81. The van der Waals surface area contributed by atoms with Gasteiger partial charge in [-0.3, -0.25) is 0 Å². The molecular weight excluding hydrogens is 216 g/mol. The van der Waals surface area contributed by atoms with Crippen molar-refractivity contribution in [2.75, 3.05) is 24.2 Å². The summed E-state index contributed by atoms with van der Waals surface area (Å²) in [6.45, 7) is 0.981. The number of aromatic nitrogens is 2. The number of benzene rings is 1. The van der Waals surface area contributed by atoms with E-state index in [0.29, 0.717) is 0 Å². The van der Waals surface area contributed by atoms with Crippen LogP contribution in [0.5, 0.6) is 0 Å². The highest BCUT2D eigenvalue weighted by molar-refractivity contribution is 5.89. The van der Waals surface area contributed by atoms with Gasteiger partial charge < -0.3 is 16.2 Å². The van der Waals surface area contributed by atoms with Crippen molar-refractivity contribution in [2.45, 2.75) is 12.8 Å². The van der Waals surface area contributed by atoms with Gasteiger partial charge in [-0.2, -0.15) is 4.98 Å². The maximum atomic E-state index is 8.71. The Hall–Kier alpha value is -1.88. The van der Waals surface area contributed by atoms with Crippen molar-refractivity contribution in [3.05, 3.63) is 24.3 Å². The van der Waals surface area contributed by atoms with Crippen molar-refractivity contribution in [3.63, 3.8) is 0 Å². The van der Waals surface area contributed by atoms with E-state index in [4.69, 9.17) is 10.8 Å². The van der Waals surface area contributed by atoms with Crippen molar-refractivity contribution in [1.29, 1.82) is 0 Å². The molecule has 0 amide bonds. The van der Waals surface area contributed by atoms with Gasteiger partial charge in [-0.15, -0.1) is 0 Å². The fraction of sp³-hybridized carbons (Fsp3) is 0.333. The van der Waals surface area contributed by atoms with Gasteiger partial charge in [0.05, 0.1) is 5.52 Å². The minimum absolute atomic E-state index is 0.217. The van der Waals surface area contributed by atoms with E-state index in [0.717, 1.165) is 36.1 Å². The highest BCUT2D eigenvalue weighted by Gasteiger charge is 2.04. The topological polar surface area (TPSA) is 84.1 Å². The number of hydrogen-bond acceptors (Lipinski definition) is 5. The Bertz CT molecular complexity index is 501. The molecule has 2 rings (SSSR count). The molecule has 0 unspecified atom stereocenters. The van der Waals surface area contributed by atoms with Gasteiger partial charge in [0.1, 0.15) is 5.82 Å². The SMILES string of the molecule is Nc1nc(NCCCCO)c2ccccc2n1. The minimum Gasteiger partial charge on any atom is -0.396 e. The third kappa shape index (κ3) is 2.82. The molecule has 90 valence electrons. The van der Waals surface area contributed by atoms with Gasteiger partial charge in [0.25, 0.3) is 0 Å². The van der Waals surface area contributed by atoms with Crippen molar-refractivity contribution in [1.82, 2.24) is 9.97 Å². The summed E-state index contributed by atoms with van der Waals surface area (Å²) in [4.78, 5) is 8.36. The fourth-order valence-electron chi connectivity index (χ4n) is 1.67. The fourth-order valence-corrected chi connectivity index (χ4v) is 1.67. The quantitative estimate of drug-likeness (QED) is 0.678. The predicted octanol–water partition coefficient (Wildman–Crippen LogP) is 1.40. The Morgan fingerprint density at radius 3 is 2.82 bits per heavy atom. The van der Waals surface area contributed by atoms with Crippen LogP contribution in [-0.2, 0) is 0 Å². The summed E-state index contributed by atoms with van der Waals surface area (Å²) >= 11 is 0. The Morgan fingerprint density at radius 2 is 2.00 bits per heavy atom. The van der Waals surface area contributed by atoms with Crippen molar-refractivity contribution in [2.24, 2.45) is 0 Å². The van der Waals surface area contributed by atoms with E-state index in [2.05, 4.69) is 15.3 Å². The molecule has 0 aliphatic carbocycles. The van der Waals surface area contributed by atoms with Gasteiger partial charge in [0.15, 0.2) is 0 Å². The summed E-state index contributed by atoms with van der Waals surface area (Å²) in [5.74, 6) is 1.03. The molecule has 1 heterocycles. The maximum Gasteiger partial charge on any atom is 0.222 e. The zero-order chi connectivity index (χ0) is 12.1. The Balaban J connectivity index is 2.20. The summed E-state index contributed by atoms with van der Waals surface area (Å²) in [6.07, 6.45) is 1.68. The van der Waals surface area contributed by atoms with Crippen LogP contribution in [0, 0.1) is 0 Å². The Morgan fingerprint density at radius 1 is 1.18 bits per heavy atom. The summed E-state index contributed by atoms with van der Waals surface area (Å²) < 4.78 is 0. The van der Waals surface area contributed by atoms with E-state index >= 15 is 0 Å². The lowest BCUT2D eigenvalue weighted by molar-refractivity contribution is 0.286. The van der Waals surface area contributed by atoms with Crippen LogP contribution < -0.4 is 11.1 Å². The standard InChI is InChI=1S/C12H16N4O/c13-12-15-10-6-2-1-5-9(10)11(16-12)14-7-3-4-8-17/h1-2,5-6,17H,3-4,7-8H2,(H3,13,14,15,16). The van der Waals surface area contributed by atoms with Gasteiger partial charge in [-0.25, -0.2) is 4.98 Å². The molecule has 0 radical (unpaired) electrons. The second-order valence-electron chi connectivity index (χ2n) is 3.81. The zero-order valence-electron chi connectivity index (χ0n) is 9.56. The number of rotatable bonds is 5. The normalized spacial score (nSPS) is 10.6. The first-order valence-electron chi connectivity index (χ1n) is 5.68.